The van der Waals surface area contributed by atoms with Gasteiger partial charge in [0.15, 0.2) is 0 Å². The van der Waals surface area contributed by atoms with Crippen molar-refractivity contribution < 1.29 is 8.42 Å². The summed E-state index contributed by atoms with van der Waals surface area (Å²) >= 11 is 0. The van der Waals surface area contributed by atoms with E-state index >= 15 is 0 Å². The summed E-state index contributed by atoms with van der Waals surface area (Å²) in [7, 11) is -3.43. The highest BCUT2D eigenvalue weighted by Crippen LogP contribution is 2.23. The second-order valence-corrected chi connectivity index (χ2v) is 6.55. The maximum absolute atomic E-state index is 12.1. The SMILES string of the molecule is CCNS(=O)(=O)c1ccccc1NC(C)C(C)CC. The van der Waals surface area contributed by atoms with Crippen LogP contribution in [0, 0.1) is 5.92 Å². The van der Waals surface area contributed by atoms with Crippen molar-refractivity contribution in [3.63, 3.8) is 0 Å². The molecule has 5 heteroatoms. The van der Waals surface area contributed by atoms with Crippen LogP contribution in [0.5, 0.6) is 0 Å². The van der Waals surface area contributed by atoms with E-state index in [1.807, 2.05) is 12.1 Å². The van der Waals surface area contributed by atoms with E-state index in [1.54, 1.807) is 19.1 Å². The average Bonchev–Trinajstić information content (AvgIpc) is 2.38. The highest BCUT2D eigenvalue weighted by atomic mass is 32.2. The standard InChI is InChI=1S/C14H24N2O2S/c1-5-11(3)12(4)16-13-9-7-8-10-14(13)19(17,18)15-6-2/h7-12,15-16H,5-6H2,1-4H3. The first-order valence-corrected chi connectivity index (χ1v) is 8.25. The van der Waals surface area contributed by atoms with E-state index in [0.29, 0.717) is 23.0 Å². The van der Waals surface area contributed by atoms with Crippen molar-refractivity contribution in [3.8, 4) is 0 Å². The normalized spacial score (nSPS) is 14.9. The first-order chi connectivity index (χ1) is 8.92. The topological polar surface area (TPSA) is 58.2 Å². The van der Waals surface area contributed by atoms with Crippen LogP contribution in [-0.4, -0.2) is 21.0 Å². The molecule has 0 aliphatic carbocycles. The fourth-order valence-electron chi connectivity index (χ4n) is 1.83. The summed E-state index contributed by atoms with van der Waals surface area (Å²) in [5, 5.41) is 3.31. The Morgan fingerprint density at radius 2 is 1.79 bits per heavy atom. The zero-order valence-corrected chi connectivity index (χ0v) is 12.9. The van der Waals surface area contributed by atoms with Gasteiger partial charge in [0.1, 0.15) is 4.90 Å². The molecule has 0 radical (unpaired) electrons. The monoisotopic (exact) mass is 284 g/mol. The van der Waals surface area contributed by atoms with E-state index < -0.39 is 10.0 Å². The first-order valence-electron chi connectivity index (χ1n) is 6.77. The third-order valence-corrected chi connectivity index (χ3v) is 5.00. The number of hydrogen-bond donors (Lipinski definition) is 2. The quantitative estimate of drug-likeness (QED) is 0.809. The van der Waals surface area contributed by atoms with Gasteiger partial charge in [0.2, 0.25) is 10.0 Å². The van der Waals surface area contributed by atoms with Gasteiger partial charge in [-0.05, 0) is 25.0 Å². The molecular formula is C14H24N2O2S. The average molecular weight is 284 g/mol. The molecule has 2 atom stereocenters. The maximum Gasteiger partial charge on any atom is 0.242 e. The van der Waals surface area contributed by atoms with Crippen molar-refractivity contribution in [3.05, 3.63) is 24.3 Å². The van der Waals surface area contributed by atoms with Crippen molar-refractivity contribution in [2.24, 2.45) is 5.92 Å². The van der Waals surface area contributed by atoms with Crippen molar-refractivity contribution in [1.29, 1.82) is 0 Å². The Balaban J connectivity index is 3.03. The molecule has 0 amide bonds. The molecule has 0 spiro atoms. The van der Waals surface area contributed by atoms with Crippen LogP contribution in [0.15, 0.2) is 29.2 Å². The van der Waals surface area contributed by atoms with Gasteiger partial charge in [-0.25, -0.2) is 13.1 Å². The molecule has 0 fully saturated rings. The molecule has 108 valence electrons. The van der Waals surface area contributed by atoms with Gasteiger partial charge in [0.25, 0.3) is 0 Å². The highest BCUT2D eigenvalue weighted by molar-refractivity contribution is 7.89. The van der Waals surface area contributed by atoms with Crippen LogP contribution in [0.2, 0.25) is 0 Å². The zero-order valence-electron chi connectivity index (χ0n) is 12.1. The lowest BCUT2D eigenvalue weighted by Gasteiger charge is -2.22. The summed E-state index contributed by atoms with van der Waals surface area (Å²) in [5.41, 5.74) is 0.663. The van der Waals surface area contributed by atoms with Crippen molar-refractivity contribution in [2.75, 3.05) is 11.9 Å². The highest BCUT2D eigenvalue weighted by Gasteiger charge is 2.19. The van der Waals surface area contributed by atoms with E-state index in [0.717, 1.165) is 6.42 Å². The molecule has 2 unspecified atom stereocenters. The van der Waals surface area contributed by atoms with Crippen LogP contribution in [0.3, 0.4) is 0 Å². The molecule has 19 heavy (non-hydrogen) atoms. The van der Waals surface area contributed by atoms with Gasteiger partial charge in [-0.1, -0.05) is 39.3 Å². The second kappa shape index (κ2) is 6.91. The van der Waals surface area contributed by atoms with Gasteiger partial charge < -0.3 is 5.32 Å². The Morgan fingerprint density at radius 3 is 2.37 bits per heavy atom. The molecule has 0 aliphatic rings. The predicted octanol–water partition coefficient (Wildman–Crippen LogP) is 2.83. The van der Waals surface area contributed by atoms with E-state index in [1.165, 1.54) is 0 Å². The summed E-state index contributed by atoms with van der Waals surface area (Å²) < 4.78 is 26.8. The fraction of sp³-hybridized carbons (Fsp3) is 0.571. The molecule has 0 aliphatic heterocycles. The summed E-state index contributed by atoms with van der Waals surface area (Å²) in [6.45, 7) is 8.51. The Kier molecular flexibility index (Phi) is 5.82. The lowest BCUT2D eigenvalue weighted by Crippen LogP contribution is -2.27. The van der Waals surface area contributed by atoms with Gasteiger partial charge in [-0.15, -0.1) is 0 Å². The molecule has 4 nitrogen and oxygen atoms in total. The summed E-state index contributed by atoms with van der Waals surface area (Å²) in [4.78, 5) is 0.312. The third-order valence-electron chi connectivity index (χ3n) is 3.39. The maximum atomic E-state index is 12.1. The molecule has 2 N–H and O–H groups in total. The number of hydrogen-bond acceptors (Lipinski definition) is 3. The minimum atomic E-state index is -3.43. The van der Waals surface area contributed by atoms with Gasteiger partial charge in [-0.2, -0.15) is 0 Å². The Hall–Kier alpha value is -1.07. The zero-order chi connectivity index (χ0) is 14.5. The molecule has 0 aromatic heterocycles. The predicted molar refractivity (Wildman–Crippen MR) is 79.8 cm³/mol. The Morgan fingerprint density at radius 1 is 1.16 bits per heavy atom. The van der Waals surface area contributed by atoms with Crippen molar-refractivity contribution in [2.45, 2.75) is 45.1 Å². The van der Waals surface area contributed by atoms with Crippen LogP contribution < -0.4 is 10.0 Å². The molecule has 0 heterocycles. The van der Waals surface area contributed by atoms with Gasteiger partial charge in [0, 0.05) is 12.6 Å². The molecule has 0 saturated carbocycles. The molecule has 0 bridgehead atoms. The minimum Gasteiger partial charge on any atom is -0.381 e. The van der Waals surface area contributed by atoms with Crippen LogP contribution in [0.1, 0.15) is 34.1 Å². The number of benzene rings is 1. The summed E-state index contributed by atoms with van der Waals surface area (Å²) in [6, 6.07) is 7.25. The molecule has 1 aromatic carbocycles. The molecule has 1 aromatic rings. The minimum absolute atomic E-state index is 0.225. The fourth-order valence-corrected chi connectivity index (χ4v) is 3.04. The largest absolute Gasteiger partial charge is 0.381 e. The van der Waals surface area contributed by atoms with E-state index in [-0.39, 0.29) is 6.04 Å². The van der Waals surface area contributed by atoms with E-state index in [4.69, 9.17) is 0 Å². The number of sulfonamides is 1. The smallest absolute Gasteiger partial charge is 0.242 e. The first kappa shape index (κ1) is 16.0. The number of para-hydroxylation sites is 1. The van der Waals surface area contributed by atoms with Crippen LogP contribution in [0.25, 0.3) is 0 Å². The van der Waals surface area contributed by atoms with E-state index in [9.17, 15) is 8.42 Å². The molecule has 0 saturated heterocycles. The van der Waals surface area contributed by atoms with Crippen LogP contribution in [-0.2, 0) is 10.0 Å². The number of rotatable bonds is 7. The molecule has 1 rings (SSSR count). The summed E-state index contributed by atoms with van der Waals surface area (Å²) in [6.07, 6.45) is 1.05. The van der Waals surface area contributed by atoms with Gasteiger partial charge >= 0.3 is 0 Å². The lowest BCUT2D eigenvalue weighted by atomic mass is 10.0. The Labute approximate surface area is 116 Å². The van der Waals surface area contributed by atoms with Crippen molar-refractivity contribution in [1.82, 2.24) is 4.72 Å². The lowest BCUT2D eigenvalue weighted by molar-refractivity contribution is 0.493. The van der Waals surface area contributed by atoms with Gasteiger partial charge in [0.05, 0.1) is 5.69 Å². The third kappa shape index (κ3) is 4.21. The second-order valence-electron chi connectivity index (χ2n) is 4.82. The number of anilines is 1. The van der Waals surface area contributed by atoms with Gasteiger partial charge in [-0.3, -0.25) is 0 Å². The van der Waals surface area contributed by atoms with Crippen molar-refractivity contribution >= 4 is 15.7 Å². The molecular weight excluding hydrogens is 260 g/mol. The van der Waals surface area contributed by atoms with E-state index in [2.05, 4.69) is 30.8 Å². The van der Waals surface area contributed by atoms with Crippen LogP contribution >= 0.6 is 0 Å². The Bertz CT molecular complexity index is 500. The van der Waals surface area contributed by atoms with Crippen LogP contribution in [0.4, 0.5) is 5.69 Å². The summed E-state index contributed by atoms with van der Waals surface area (Å²) in [5.74, 6) is 0.481. The number of nitrogens with one attached hydrogen (secondary N) is 2.